The van der Waals surface area contributed by atoms with Crippen LogP contribution in [0.3, 0.4) is 0 Å². The van der Waals surface area contributed by atoms with E-state index in [2.05, 4.69) is 5.32 Å². The molecule has 0 aliphatic carbocycles. The molecule has 1 amide bonds. The van der Waals surface area contributed by atoms with Crippen LogP contribution in [0.4, 0.5) is 0 Å². The lowest BCUT2D eigenvalue weighted by atomic mass is 10.1. The predicted molar refractivity (Wildman–Crippen MR) is 112 cm³/mol. The Labute approximate surface area is 173 Å². The third-order valence-corrected chi connectivity index (χ3v) is 4.38. The fourth-order valence-corrected chi connectivity index (χ4v) is 2.81. The van der Waals surface area contributed by atoms with Gasteiger partial charge in [0.1, 0.15) is 22.6 Å². The van der Waals surface area contributed by atoms with Crippen molar-refractivity contribution in [3.8, 4) is 11.5 Å². The number of esters is 1. The first kappa shape index (κ1) is 21.1. The zero-order valence-electron chi connectivity index (χ0n) is 16.9. The number of benzene rings is 2. The predicted octanol–water partition coefficient (Wildman–Crippen LogP) is 3.48. The zero-order chi connectivity index (χ0) is 21.5. The Morgan fingerprint density at radius 3 is 2.63 bits per heavy atom. The monoisotopic (exact) mass is 409 g/mol. The lowest BCUT2D eigenvalue weighted by molar-refractivity contribution is -0.136. The molecule has 0 aliphatic rings. The molecule has 3 aromatic rings. The number of fused-ring (bicyclic) bond motifs is 1. The standard InChI is InChI=1S/C23H23NO6/c1-3-10-24-22(26)19-12-16-8-9-18(13-20(16)30-23(19)27)29-21(25)14-28-17-7-5-6-15(4-2)11-17/h5-9,11-13H,3-4,10,14H2,1-2H3,(H,24,26). The van der Waals surface area contributed by atoms with E-state index in [1.807, 2.05) is 32.0 Å². The molecule has 0 aliphatic heterocycles. The van der Waals surface area contributed by atoms with Gasteiger partial charge in [-0.25, -0.2) is 9.59 Å². The maximum absolute atomic E-state index is 12.1. The number of carbonyl (C=O) groups excluding carboxylic acids is 2. The maximum Gasteiger partial charge on any atom is 0.349 e. The highest BCUT2D eigenvalue weighted by Gasteiger charge is 2.14. The summed E-state index contributed by atoms with van der Waals surface area (Å²) in [6.07, 6.45) is 1.62. The lowest BCUT2D eigenvalue weighted by Crippen LogP contribution is -2.28. The van der Waals surface area contributed by atoms with E-state index < -0.39 is 17.5 Å². The van der Waals surface area contributed by atoms with E-state index in [0.717, 1.165) is 18.4 Å². The molecule has 1 heterocycles. The average molecular weight is 409 g/mol. The minimum atomic E-state index is -0.751. The van der Waals surface area contributed by atoms with Crippen LogP contribution in [-0.4, -0.2) is 25.0 Å². The highest BCUT2D eigenvalue weighted by Crippen LogP contribution is 2.21. The topological polar surface area (TPSA) is 94.8 Å². The van der Waals surface area contributed by atoms with Gasteiger partial charge in [0.2, 0.25) is 0 Å². The highest BCUT2D eigenvalue weighted by molar-refractivity contribution is 5.96. The van der Waals surface area contributed by atoms with E-state index in [9.17, 15) is 14.4 Å². The number of hydrogen-bond acceptors (Lipinski definition) is 6. The third-order valence-electron chi connectivity index (χ3n) is 4.38. The molecule has 156 valence electrons. The lowest BCUT2D eigenvalue weighted by Gasteiger charge is -2.08. The van der Waals surface area contributed by atoms with Crippen molar-refractivity contribution in [2.75, 3.05) is 13.2 Å². The fourth-order valence-electron chi connectivity index (χ4n) is 2.81. The van der Waals surface area contributed by atoms with Crippen LogP contribution in [0, 0.1) is 0 Å². The average Bonchev–Trinajstić information content (AvgIpc) is 2.75. The summed E-state index contributed by atoms with van der Waals surface area (Å²) >= 11 is 0. The maximum atomic E-state index is 12.1. The molecule has 0 saturated carbocycles. The van der Waals surface area contributed by atoms with Crippen molar-refractivity contribution in [1.82, 2.24) is 5.32 Å². The van der Waals surface area contributed by atoms with Crippen molar-refractivity contribution in [3.63, 3.8) is 0 Å². The number of ether oxygens (including phenoxy) is 2. The van der Waals surface area contributed by atoms with E-state index in [1.54, 1.807) is 18.2 Å². The van der Waals surface area contributed by atoms with Crippen LogP contribution in [0.1, 0.15) is 36.2 Å². The molecular weight excluding hydrogens is 386 g/mol. The molecule has 7 heteroatoms. The second-order valence-electron chi connectivity index (χ2n) is 6.67. The van der Waals surface area contributed by atoms with Crippen molar-refractivity contribution in [2.45, 2.75) is 26.7 Å². The quantitative estimate of drug-likeness (QED) is 0.348. The normalized spacial score (nSPS) is 10.6. The van der Waals surface area contributed by atoms with Crippen molar-refractivity contribution in [2.24, 2.45) is 0 Å². The smallest absolute Gasteiger partial charge is 0.349 e. The first-order valence-corrected chi connectivity index (χ1v) is 9.78. The van der Waals surface area contributed by atoms with Gasteiger partial charge in [-0.1, -0.05) is 26.0 Å². The van der Waals surface area contributed by atoms with Crippen LogP contribution >= 0.6 is 0 Å². The molecule has 0 bridgehead atoms. The van der Waals surface area contributed by atoms with Crippen LogP contribution in [0.2, 0.25) is 0 Å². The molecule has 1 N–H and O–H groups in total. The molecule has 0 fully saturated rings. The van der Waals surface area contributed by atoms with Crippen LogP contribution < -0.4 is 20.4 Å². The summed E-state index contributed by atoms with van der Waals surface area (Å²) in [6.45, 7) is 4.16. The molecule has 0 unspecified atom stereocenters. The van der Waals surface area contributed by atoms with Crippen molar-refractivity contribution >= 4 is 22.8 Å². The van der Waals surface area contributed by atoms with Gasteiger partial charge in [-0.3, -0.25) is 4.79 Å². The van der Waals surface area contributed by atoms with E-state index >= 15 is 0 Å². The summed E-state index contributed by atoms with van der Waals surface area (Å²) in [5.74, 6) is -0.268. The first-order chi connectivity index (χ1) is 14.5. The van der Waals surface area contributed by atoms with Gasteiger partial charge in [-0.2, -0.15) is 0 Å². The van der Waals surface area contributed by atoms with Gasteiger partial charge >= 0.3 is 11.6 Å². The number of aryl methyl sites for hydroxylation is 1. The van der Waals surface area contributed by atoms with Gasteiger partial charge in [-0.15, -0.1) is 0 Å². The molecule has 30 heavy (non-hydrogen) atoms. The zero-order valence-corrected chi connectivity index (χ0v) is 16.9. The summed E-state index contributed by atoms with van der Waals surface area (Å²) in [7, 11) is 0. The Bertz CT molecular complexity index is 1120. The Morgan fingerprint density at radius 1 is 1.03 bits per heavy atom. The largest absolute Gasteiger partial charge is 0.482 e. The molecule has 1 aromatic heterocycles. The molecule has 3 rings (SSSR count). The summed E-state index contributed by atoms with van der Waals surface area (Å²) in [6, 6.07) is 13.5. The van der Waals surface area contributed by atoms with Gasteiger partial charge in [-0.05, 0) is 48.7 Å². The molecule has 0 saturated heterocycles. The first-order valence-electron chi connectivity index (χ1n) is 9.78. The summed E-state index contributed by atoms with van der Waals surface area (Å²) in [5.41, 5.74) is 0.504. The summed E-state index contributed by atoms with van der Waals surface area (Å²) < 4.78 is 16.0. The molecule has 0 spiro atoms. The van der Waals surface area contributed by atoms with E-state index in [0.29, 0.717) is 17.7 Å². The Balaban J connectivity index is 1.68. The van der Waals surface area contributed by atoms with E-state index in [-0.39, 0.29) is 23.5 Å². The van der Waals surface area contributed by atoms with Crippen molar-refractivity contribution in [3.05, 3.63) is 70.1 Å². The Kier molecular flexibility index (Phi) is 6.85. The summed E-state index contributed by atoms with van der Waals surface area (Å²) in [5, 5.41) is 3.19. The van der Waals surface area contributed by atoms with Crippen LogP contribution in [0.25, 0.3) is 11.0 Å². The molecule has 7 nitrogen and oxygen atoms in total. The molecular formula is C23H23NO6. The third kappa shape index (κ3) is 5.26. The number of rotatable bonds is 8. The van der Waals surface area contributed by atoms with Gasteiger partial charge < -0.3 is 19.2 Å². The highest BCUT2D eigenvalue weighted by atomic mass is 16.6. The van der Waals surface area contributed by atoms with Gasteiger partial charge in [0.25, 0.3) is 5.91 Å². The van der Waals surface area contributed by atoms with Gasteiger partial charge in [0, 0.05) is 18.0 Å². The SMILES string of the molecule is CCCNC(=O)c1cc2ccc(OC(=O)COc3cccc(CC)c3)cc2oc1=O. The Morgan fingerprint density at radius 2 is 1.87 bits per heavy atom. The van der Waals surface area contributed by atoms with Crippen LogP contribution in [0.15, 0.2) is 57.7 Å². The van der Waals surface area contributed by atoms with Gasteiger partial charge in [0.15, 0.2) is 6.61 Å². The van der Waals surface area contributed by atoms with Crippen LogP contribution in [-0.2, 0) is 11.2 Å². The molecule has 2 aromatic carbocycles. The fraction of sp³-hybridized carbons (Fsp3) is 0.261. The van der Waals surface area contributed by atoms with Crippen molar-refractivity contribution < 1.29 is 23.5 Å². The second kappa shape index (κ2) is 9.73. The molecule has 0 atom stereocenters. The second-order valence-corrected chi connectivity index (χ2v) is 6.67. The Hall–Kier alpha value is -3.61. The van der Waals surface area contributed by atoms with Crippen LogP contribution in [0.5, 0.6) is 11.5 Å². The number of amides is 1. The minimum Gasteiger partial charge on any atom is -0.482 e. The molecule has 0 radical (unpaired) electrons. The summed E-state index contributed by atoms with van der Waals surface area (Å²) in [4.78, 5) is 36.3. The number of carbonyl (C=O) groups is 2. The van der Waals surface area contributed by atoms with E-state index in [1.165, 1.54) is 12.1 Å². The minimum absolute atomic E-state index is 0.0663. The number of hydrogen-bond donors (Lipinski definition) is 1. The van der Waals surface area contributed by atoms with Crippen molar-refractivity contribution in [1.29, 1.82) is 0 Å². The van der Waals surface area contributed by atoms with E-state index in [4.69, 9.17) is 13.9 Å². The van der Waals surface area contributed by atoms with Gasteiger partial charge in [0.05, 0.1) is 0 Å². The number of nitrogens with one attached hydrogen (secondary N) is 1.